The predicted octanol–water partition coefficient (Wildman–Crippen LogP) is 8.17. The molecule has 2 heteroatoms. The summed E-state index contributed by atoms with van der Waals surface area (Å²) < 4.78 is 0. The largest absolute Gasteiger partial charge is 0.507 e. The van der Waals surface area contributed by atoms with E-state index in [-0.39, 0.29) is 0 Å². The van der Waals surface area contributed by atoms with Crippen molar-refractivity contribution in [2.24, 2.45) is 0 Å². The Morgan fingerprint density at radius 1 is 0.645 bits per heavy atom. The molecule has 0 amide bonds. The standard InChI is InChI=1S/C29H36OS/c1-2-3-4-5-6-13-18-31-23-28-22-26(19-24-14-9-7-10-15-24)21-27(29(28)30)20-25-16-11-8-12-17-25/h7-12,14-17,21-22,30H,2-6,13,18-20,23H2,1H3. The van der Waals surface area contributed by atoms with Crippen molar-refractivity contribution in [3.63, 3.8) is 0 Å². The highest BCUT2D eigenvalue weighted by molar-refractivity contribution is 7.98. The molecule has 0 atom stereocenters. The van der Waals surface area contributed by atoms with E-state index in [0.29, 0.717) is 5.75 Å². The first-order valence-corrected chi connectivity index (χ1v) is 12.9. The number of aromatic hydroxyl groups is 1. The molecule has 0 heterocycles. The van der Waals surface area contributed by atoms with Crippen LogP contribution in [0.2, 0.25) is 0 Å². The van der Waals surface area contributed by atoms with Gasteiger partial charge < -0.3 is 5.11 Å². The highest BCUT2D eigenvalue weighted by atomic mass is 32.2. The first kappa shape index (κ1) is 23.5. The van der Waals surface area contributed by atoms with Crippen molar-refractivity contribution in [3.8, 4) is 5.75 Å². The van der Waals surface area contributed by atoms with Gasteiger partial charge in [0.2, 0.25) is 0 Å². The lowest BCUT2D eigenvalue weighted by Crippen LogP contribution is -1.98. The molecule has 31 heavy (non-hydrogen) atoms. The maximum absolute atomic E-state index is 11.0. The molecule has 1 N–H and O–H groups in total. The molecule has 0 aliphatic heterocycles. The topological polar surface area (TPSA) is 20.2 Å². The Morgan fingerprint density at radius 2 is 1.23 bits per heavy atom. The number of phenolic OH excluding ortho intramolecular Hbond substituents is 1. The molecular weight excluding hydrogens is 396 g/mol. The van der Waals surface area contributed by atoms with E-state index < -0.39 is 0 Å². The van der Waals surface area contributed by atoms with Crippen LogP contribution in [0.15, 0.2) is 72.8 Å². The molecule has 0 spiro atoms. The third kappa shape index (κ3) is 8.10. The number of unbranched alkanes of at least 4 members (excludes halogenated alkanes) is 5. The minimum atomic E-state index is 0.483. The number of rotatable bonds is 13. The van der Waals surface area contributed by atoms with Gasteiger partial charge in [0.25, 0.3) is 0 Å². The molecular formula is C29H36OS. The van der Waals surface area contributed by atoms with Gasteiger partial charge in [-0.15, -0.1) is 0 Å². The van der Waals surface area contributed by atoms with Crippen LogP contribution in [0.3, 0.4) is 0 Å². The fraction of sp³-hybridized carbons (Fsp3) is 0.379. The first-order valence-electron chi connectivity index (χ1n) is 11.8. The monoisotopic (exact) mass is 432 g/mol. The van der Waals surface area contributed by atoms with Crippen molar-refractivity contribution < 1.29 is 5.11 Å². The molecule has 0 unspecified atom stereocenters. The lowest BCUT2D eigenvalue weighted by molar-refractivity contribution is 0.464. The van der Waals surface area contributed by atoms with Crippen molar-refractivity contribution in [3.05, 3.63) is 101 Å². The van der Waals surface area contributed by atoms with Gasteiger partial charge in [-0.05, 0) is 40.8 Å². The van der Waals surface area contributed by atoms with Gasteiger partial charge in [0.15, 0.2) is 0 Å². The van der Waals surface area contributed by atoms with Gasteiger partial charge in [-0.3, -0.25) is 0 Å². The van der Waals surface area contributed by atoms with Crippen LogP contribution in [-0.2, 0) is 18.6 Å². The molecule has 3 aromatic rings. The summed E-state index contributed by atoms with van der Waals surface area (Å²) in [5, 5.41) is 11.0. The number of hydrogen-bond acceptors (Lipinski definition) is 2. The number of phenols is 1. The highest BCUT2D eigenvalue weighted by Gasteiger charge is 2.12. The Balaban J connectivity index is 1.67. The minimum absolute atomic E-state index is 0.483. The molecule has 0 saturated heterocycles. The molecule has 0 radical (unpaired) electrons. The summed E-state index contributed by atoms with van der Waals surface area (Å²) >= 11 is 1.95. The Kier molecular flexibility index (Phi) is 10.0. The predicted molar refractivity (Wildman–Crippen MR) is 136 cm³/mol. The molecule has 0 aliphatic rings. The van der Waals surface area contributed by atoms with E-state index in [1.54, 1.807) is 0 Å². The van der Waals surface area contributed by atoms with Gasteiger partial charge in [0, 0.05) is 17.7 Å². The average molecular weight is 433 g/mol. The molecule has 1 nitrogen and oxygen atoms in total. The Morgan fingerprint density at radius 3 is 1.90 bits per heavy atom. The van der Waals surface area contributed by atoms with Crippen LogP contribution in [0, 0.1) is 0 Å². The minimum Gasteiger partial charge on any atom is -0.507 e. The first-order chi connectivity index (χ1) is 15.3. The summed E-state index contributed by atoms with van der Waals surface area (Å²) in [6, 6.07) is 25.5. The molecule has 0 aliphatic carbocycles. The third-order valence-electron chi connectivity index (χ3n) is 5.72. The third-order valence-corrected chi connectivity index (χ3v) is 6.81. The van der Waals surface area contributed by atoms with E-state index in [2.05, 4.69) is 73.7 Å². The highest BCUT2D eigenvalue weighted by Crippen LogP contribution is 2.31. The normalized spacial score (nSPS) is 11.0. The Bertz CT molecular complexity index is 889. The van der Waals surface area contributed by atoms with Gasteiger partial charge in [-0.25, -0.2) is 0 Å². The van der Waals surface area contributed by atoms with E-state index >= 15 is 0 Å². The number of thioether (sulfide) groups is 1. The van der Waals surface area contributed by atoms with Crippen molar-refractivity contribution in [1.29, 1.82) is 0 Å². The molecule has 0 saturated carbocycles. The van der Waals surface area contributed by atoms with E-state index in [9.17, 15) is 5.11 Å². The maximum Gasteiger partial charge on any atom is 0.123 e. The molecule has 0 bridgehead atoms. The van der Waals surface area contributed by atoms with Crippen LogP contribution in [-0.4, -0.2) is 10.9 Å². The van der Waals surface area contributed by atoms with Crippen LogP contribution in [0.4, 0.5) is 0 Å². The molecule has 0 fully saturated rings. The van der Waals surface area contributed by atoms with Crippen LogP contribution in [0.1, 0.15) is 73.3 Å². The zero-order chi connectivity index (χ0) is 21.7. The zero-order valence-electron chi connectivity index (χ0n) is 18.9. The summed E-state index contributed by atoms with van der Waals surface area (Å²) in [5.74, 6) is 2.53. The van der Waals surface area contributed by atoms with Crippen molar-refractivity contribution in [2.45, 2.75) is 64.0 Å². The summed E-state index contributed by atoms with van der Waals surface area (Å²) in [6.07, 6.45) is 9.66. The number of hydrogen-bond donors (Lipinski definition) is 1. The Labute approximate surface area is 192 Å². The molecule has 0 aromatic heterocycles. The fourth-order valence-corrected chi connectivity index (χ4v) is 4.99. The fourth-order valence-electron chi connectivity index (χ4n) is 3.99. The van der Waals surface area contributed by atoms with Crippen molar-refractivity contribution >= 4 is 11.8 Å². The lowest BCUT2D eigenvalue weighted by atomic mass is 9.96. The van der Waals surface area contributed by atoms with Gasteiger partial charge in [-0.1, -0.05) is 112 Å². The summed E-state index contributed by atoms with van der Waals surface area (Å²) in [5.41, 5.74) is 5.94. The van der Waals surface area contributed by atoms with E-state index in [1.165, 1.54) is 61.0 Å². The summed E-state index contributed by atoms with van der Waals surface area (Å²) in [7, 11) is 0. The van der Waals surface area contributed by atoms with E-state index in [1.807, 2.05) is 17.8 Å². The zero-order valence-corrected chi connectivity index (χ0v) is 19.7. The average Bonchev–Trinajstić information content (AvgIpc) is 2.80. The summed E-state index contributed by atoms with van der Waals surface area (Å²) in [4.78, 5) is 0. The Hall–Kier alpha value is -2.19. The quantitative estimate of drug-likeness (QED) is 0.275. The summed E-state index contributed by atoms with van der Waals surface area (Å²) in [6.45, 7) is 2.26. The lowest BCUT2D eigenvalue weighted by Gasteiger charge is -2.14. The van der Waals surface area contributed by atoms with Gasteiger partial charge >= 0.3 is 0 Å². The van der Waals surface area contributed by atoms with Crippen LogP contribution >= 0.6 is 11.8 Å². The van der Waals surface area contributed by atoms with Crippen LogP contribution < -0.4 is 0 Å². The molecule has 3 rings (SSSR count). The van der Waals surface area contributed by atoms with E-state index in [4.69, 9.17) is 0 Å². The van der Waals surface area contributed by atoms with Crippen molar-refractivity contribution in [2.75, 3.05) is 5.75 Å². The number of benzene rings is 3. The van der Waals surface area contributed by atoms with Gasteiger partial charge in [-0.2, -0.15) is 11.8 Å². The molecule has 3 aromatic carbocycles. The van der Waals surface area contributed by atoms with E-state index in [0.717, 1.165) is 29.7 Å². The van der Waals surface area contributed by atoms with Gasteiger partial charge in [0.05, 0.1) is 0 Å². The second-order valence-electron chi connectivity index (χ2n) is 8.41. The van der Waals surface area contributed by atoms with Gasteiger partial charge in [0.1, 0.15) is 5.75 Å². The second kappa shape index (κ2) is 13.3. The second-order valence-corrected chi connectivity index (χ2v) is 9.51. The molecule has 164 valence electrons. The van der Waals surface area contributed by atoms with Crippen LogP contribution in [0.25, 0.3) is 0 Å². The maximum atomic E-state index is 11.0. The van der Waals surface area contributed by atoms with Crippen LogP contribution in [0.5, 0.6) is 5.75 Å². The smallest absolute Gasteiger partial charge is 0.123 e. The van der Waals surface area contributed by atoms with Crippen molar-refractivity contribution in [1.82, 2.24) is 0 Å². The SMILES string of the molecule is CCCCCCCCSCc1cc(Cc2ccccc2)cc(Cc2ccccc2)c1O.